The van der Waals surface area contributed by atoms with E-state index in [9.17, 15) is 18.4 Å². The Morgan fingerprint density at radius 2 is 1.79 bits per heavy atom. The zero-order chi connectivity index (χ0) is 33.0. The average Bonchev–Trinajstić information content (AvgIpc) is 3.28. The third-order valence-electron chi connectivity index (χ3n) is 6.45. The number of carbonyl (C=O) groups is 2. The normalized spacial score (nSPS) is 15.6. The molecule has 1 aromatic rings. The summed E-state index contributed by atoms with van der Waals surface area (Å²) in [4.78, 5) is 26.3. The van der Waals surface area contributed by atoms with Crippen LogP contribution in [0.3, 0.4) is 0 Å². The Bertz CT molecular complexity index is 1170. The van der Waals surface area contributed by atoms with Crippen molar-refractivity contribution in [2.75, 3.05) is 39.2 Å². The van der Waals surface area contributed by atoms with Gasteiger partial charge in [-0.1, -0.05) is 48.6 Å². The Kier molecular flexibility index (Phi) is 19.6. The number of likely N-dealkylation sites (tertiary alicyclic amines) is 1. The topological polar surface area (TPSA) is 59.1 Å². The van der Waals surface area contributed by atoms with Crippen LogP contribution < -0.4 is 0 Å². The van der Waals surface area contributed by atoms with Crippen molar-refractivity contribution < 1.29 is 27.8 Å². The second-order valence-electron chi connectivity index (χ2n) is 10.4. The van der Waals surface area contributed by atoms with Crippen LogP contribution in [0.4, 0.5) is 13.6 Å². The fourth-order valence-electron chi connectivity index (χ4n) is 4.01. The second kappa shape index (κ2) is 21.3. The predicted octanol–water partition coefficient (Wildman–Crippen LogP) is 7.84. The van der Waals surface area contributed by atoms with E-state index in [0.29, 0.717) is 25.3 Å². The minimum atomic E-state index is -0.805. The van der Waals surface area contributed by atoms with Crippen molar-refractivity contribution in [2.24, 2.45) is 0 Å². The molecule has 2 heterocycles. The molecular weight excluding hydrogens is 574 g/mol. The molecule has 0 unspecified atom stereocenters. The van der Waals surface area contributed by atoms with Crippen LogP contribution in [-0.2, 0) is 20.7 Å². The van der Waals surface area contributed by atoms with E-state index in [4.69, 9.17) is 16.3 Å². The molecule has 43 heavy (non-hydrogen) atoms. The van der Waals surface area contributed by atoms with Crippen LogP contribution in [0.5, 0.6) is 0 Å². The lowest BCUT2D eigenvalue weighted by atomic mass is 9.91. The maximum Gasteiger partial charge on any atom is 0.414 e. The fourth-order valence-corrected chi connectivity index (χ4v) is 4.13. The third-order valence-corrected chi connectivity index (χ3v) is 6.63. The van der Waals surface area contributed by atoms with Crippen LogP contribution in [0.1, 0.15) is 59.4 Å². The SMILES string of the molecule is C#CC.C/C=C(\C)CC(=O)OC.C=C(C)Cc1ccc(F)c(F)c1.C=C(C)N1CC2(CCN(C/C=C/CCl)CC2)OC1=O. The van der Waals surface area contributed by atoms with Gasteiger partial charge in [0.1, 0.15) is 5.60 Å². The Morgan fingerprint density at radius 3 is 2.23 bits per heavy atom. The number of benzene rings is 1. The van der Waals surface area contributed by atoms with E-state index in [0.717, 1.165) is 60.9 Å². The van der Waals surface area contributed by atoms with Gasteiger partial charge in [0.25, 0.3) is 0 Å². The Labute approximate surface area is 262 Å². The highest BCUT2D eigenvalue weighted by Gasteiger charge is 2.47. The van der Waals surface area contributed by atoms with E-state index in [2.05, 4.69) is 41.2 Å². The standard InChI is InChI=1S/C14H21ClN2O2.C10H10F2.C7H12O2.C3H4/c1-12(2)17-11-14(19-13(17)18)5-9-16(10-6-14)8-4-3-7-15;1-7(2)5-8-3-4-9(11)10(12)6-8;1-4-6(2)5-7(8)9-3;1-3-2/h3-4H,1,5-11H2,2H3;3-4,6H,1,5H2,2H3;4H,5H2,1-3H3;1H,2H3/b4-3+;;6-4+;. The predicted molar refractivity (Wildman–Crippen MR) is 172 cm³/mol. The van der Waals surface area contributed by atoms with Crippen LogP contribution >= 0.6 is 11.6 Å². The monoisotopic (exact) mass is 620 g/mol. The van der Waals surface area contributed by atoms with E-state index in [1.807, 2.05) is 39.8 Å². The van der Waals surface area contributed by atoms with Crippen LogP contribution in [0.15, 0.2) is 66.4 Å². The first-order valence-corrected chi connectivity index (χ1v) is 14.5. The van der Waals surface area contributed by atoms with Crippen molar-refractivity contribution in [1.29, 1.82) is 0 Å². The molecule has 3 rings (SSSR count). The van der Waals surface area contributed by atoms with E-state index in [1.165, 1.54) is 13.2 Å². The second-order valence-corrected chi connectivity index (χ2v) is 10.7. The summed E-state index contributed by atoms with van der Waals surface area (Å²) in [7, 11) is 1.39. The molecule has 0 saturated carbocycles. The highest BCUT2D eigenvalue weighted by molar-refractivity contribution is 6.18. The number of terminal acetylenes is 1. The molecule has 0 atom stereocenters. The molecule has 1 aromatic carbocycles. The number of ether oxygens (including phenoxy) is 2. The number of rotatable bonds is 8. The molecule has 1 amide bonds. The number of halogens is 3. The lowest BCUT2D eigenvalue weighted by Crippen LogP contribution is -2.46. The summed E-state index contributed by atoms with van der Waals surface area (Å²) in [6, 6.07) is 3.89. The highest BCUT2D eigenvalue weighted by atomic mass is 35.5. The Balaban J connectivity index is 0.000000632. The van der Waals surface area contributed by atoms with Gasteiger partial charge in [0.15, 0.2) is 11.6 Å². The van der Waals surface area contributed by atoms with Gasteiger partial charge >= 0.3 is 12.1 Å². The van der Waals surface area contributed by atoms with Crippen molar-refractivity contribution in [2.45, 2.75) is 65.9 Å². The van der Waals surface area contributed by atoms with Gasteiger partial charge in [-0.15, -0.1) is 23.9 Å². The first-order valence-electron chi connectivity index (χ1n) is 14.0. The molecule has 2 aliphatic rings. The van der Waals surface area contributed by atoms with Gasteiger partial charge in [0, 0.05) is 44.1 Å². The number of alkyl halides is 1. The number of allylic oxidation sites excluding steroid dienone is 4. The zero-order valence-corrected chi connectivity index (χ0v) is 27.2. The molecule has 1 spiro atoms. The van der Waals surface area contributed by atoms with Gasteiger partial charge in [0.05, 0.1) is 20.1 Å². The summed E-state index contributed by atoms with van der Waals surface area (Å²) in [6.45, 7) is 20.1. The molecule has 0 bridgehead atoms. The molecular formula is C34H47ClF2N2O4. The number of carbonyl (C=O) groups excluding carboxylic acids is 2. The maximum absolute atomic E-state index is 12.6. The van der Waals surface area contributed by atoms with Gasteiger partial charge in [-0.2, -0.15) is 0 Å². The average molecular weight is 621 g/mol. The largest absolute Gasteiger partial charge is 0.469 e. The Morgan fingerprint density at radius 1 is 1.19 bits per heavy atom. The zero-order valence-electron chi connectivity index (χ0n) is 26.5. The highest BCUT2D eigenvalue weighted by Crippen LogP contribution is 2.34. The molecule has 2 fully saturated rings. The molecule has 0 radical (unpaired) electrons. The number of methoxy groups -OCH3 is 1. The lowest BCUT2D eigenvalue weighted by molar-refractivity contribution is -0.139. The number of esters is 1. The Hall–Kier alpha value is -3.41. The van der Waals surface area contributed by atoms with E-state index < -0.39 is 11.6 Å². The first kappa shape index (κ1) is 39.6. The van der Waals surface area contributed by atoms with Gasteiger partial charge in [-0.3, -0.25) is 14.6 Å². The smallest absolute Gasteiger partial charge is 0.414 e. The number of hydrogen-bond acceptors (Lipinski definition) is 5. The van der Waals surface area contributed by atoms with Gasteiger partial charge < -0.3 is 9.47 Å². The molecule has 0 aromatic heterocycles. The van der Waals surface area contributed by atoms with E-state index in [-0.39, 0.29) is 17.7 Å². The molecule has 2 aliphatic heterocycles. The lowest BCUT2D eigenvalue weighted by Gasteiger charge is -2.36. The molecule has 6 nitrogen and oxygen atoms in total. The van der Waals surface area contributed by atoms with Gasteiger partial charge in [-0.25, -0.2) is 13.6 Å². The molecule has 2 saturated heterocycles. The van der Waals surface area contributed by atoms with Crippen molar-refractivity contribution in [3.63, 3.8) is 0 Å². The molecule has 0 aliphatic carbocycles. The summed E-state index contributed by atoms with van der Waals surface area (Å²) in [5, 5.41) is 0. The summed E-state index contributed by atoms with van der Waals surface area (Å²) >= 11 is 5.60. The summed E-state index contributed by atoms with van der Waals surface area (Å²) in [6.07, 6.45) is 13.1. The van der Waals surface area contributed by atoms with Crippen molar-refractivity contribution in [3.05, 3.63) is 83.6 Å². The van der Waals surface area contributed by atoms with Crippen LogP contribution in [0.2, 0.25) is 0 Å². The quantitative estimate of drug-likeness (QED) is 0.128. The number of amides is 1. The first-order chi connectivity index (χ1) is 20.3. The molecule has 0 N–H and O–H groups in total. The van der Waals surface area contributed by atoms with Crippen molar-refractivity contribution in [3.8, 4) is 12.3 Å². The maximum atomic E-state index is 12.6. The molecule has 238 valence electrons. The fraction of sp³-hybridized carbons (Fsp3) is 0.471. The third kappa shape index (κ3) is 16.1. The van der Waals surface area contributed by atoms with Gasteiger partial charge in [-0.05, 0) is 58.7 Å². The van der Waals surface area contributed by atoms with E-state index in [1.54, 1.807) is 17.9 Å². The number of piperidine rings is 1. The summed E-state index contributed by atoms with van der Waals surface area (Å²) in [5.41, 5.74) is 3.18. The van der Waals surface area contributed by atoms with E-state index >= 15 is 0 Å². The number of nitrogens with zero attached hydrogens (tertiary/aromatic N) is 2. The van der Waals surface area contributed by atoms with Gasteiger partial charge in [0.2, 0.25) is 0 Å². The van der Waals surface area contributed by atoms with Crippen LogP contribution in [0.25, 0.3) is 0 Å². The minimum Gasteiger partial charge on any atom is -0.469 e. The molecule has 9 heteroatoms. The van der Waals surface area contributed by atoms with Crippen LogP contribution in [0, 0.1) is 24.0 Å². The van der Waals surface area contributed by atoms with Crippen molar-refractivity contribution in [1.82, 2.24) is 9.80 Å². The summed E-state index contributed by atoms with van der Waals surface area (Å²) < 4.78 is 35.1. The minimum absolute atomic E-state index is 0.175. The van der Waals surface area contributed by atoms with Crippen LogP contribution in [-0.4, -0.2) is 66.6 Å². The number of hydrogen-bond donors (Lipinski definition) is 0. The summed E-state index contributed by atoms with van der Waals surface area (Å²) in [5.74, 6) is 1.03. The van der Waals surface area contributed by atoms with Crippen molar-refractivity contribution >= 4 is 23.7 Å².